The highest BCUT2D eigenvalue weighted by atomic mass is 19.2. The molecule has 0 unspecified atom stereocenters. The zero-order chi connectivity index (χ0) is 18.1. The van der Waals surface area contributed by atoms with Gasteiger partial charge >= 0.3 is 0 Å². The predicted octanol–water partition coefficient (Wildman–Crippen LogP) is 5.19. The zero-order valence-corrected chi connectivity index (χ0v) is 14.1. The summed E-state index contributed by atoms with van der Waals surface area (Å²) in [5.41, 5.74) is 1.49. The topological polar surface area (TPSA) is 22.0 Å². The third-order valence-corrected chi connectivity index (χ3v) is 4.29. The fourth-order valence-corrected chi connectivity index (χ4v) is 2.94. The molecule has 0 aliphatic heterocycles. The number of aryl methyl sites for hydroxylation is 2. The summed E-state index contributed by atoms with van der Waals surface area (Å²) in [6.45, 7) is 4.40. The molecule has 0 saturated heterocycles. The summed E-state index contributed by atoms with van der Waals surface area (Å²) < 4.78 is 42.3. The number of aromatic nitrogens is 1. The molecule has 0 radical (unpaired) electrons. The molecular weight excluding hydrogens is 327 g/mol. The van der Waals surface area contributed by atoms with Crippen molar-refractivity contribution < 1.29 is 13.2 Å². The summed E-state index contributed by atoms with van der Waals surface area (Å²) in [4.78, 5) is 12.7. The van der Waals surface area contributed by atoms with Gasteiger partial charge in [-0.1, -0.05) is 31.0 Å². The van der Waals surface area contributed by atoms with E-state index in [-0.39, 0.29) is 11.1 Å². The standard InChI is InChI=1S/C20H18F3NO/c1-3-4-7-24-11-16(13-9-17(21)19(23)18(22)10-13)15-8-12(2)5-6-14(15)20(24)25/h5-6,8-11H,3-4,7H2,1-2H3. The van der Waals surface area contributed by atoms with Crippen molar-refractivity contribution in [2.24, 2.45) is 0 Å². The smallest absolute Gasteiger partial charge is 0.258 e. The molecule has 0 N–H and O–H groups in total. The van der Waals surface area contributed by atoms with Gasteiger partial charge in [-0.3, -0.25) is 4.79 Å². The van der Waals surface area contributed by atoms with Crippen LogP contribution in [0, 0.1) is 24.4 Å². The van der Waals surface area contributed by atoms with Gasteiger partial charge in [0.05, 0.1) is 0 Å². The molecule has 2 aromatic carbocycles. The number of benzene rings is 2. The van der Waals surface area contributed by atoms with E-state index in [9.17, 15) is 18.0 Å². The highest BCUT2D eigenvalue weighted by Gasteiger charge is 2.16. The van der Waals surface area contributed by atoms with Crippen molar-refractivity contribution in [3.05, 3.63) is 69.9 Å². The quantitative estimate of drug-likeness (QED) is 0.596. The van der Waals surface area contributed by atoms with Gasteiger partial charge in [0.1, 0.15) is 0 Å². The normalized spacial score (nSPS) is 11.2. The number of nitrogens with zero attached hydrogens (tertiary/aromatic N) is 1. The lowest BCUT2D eigenvalue weighted by Crippen LogP contribution is -2.20. The lowest BCUT2D eigenvalue weighted by atomic mass is 9.98. The molecule has 0 aliphatic carbocycles. The number of unbranched alkanes of at least 4 members (excludes halogenated alkanes) is 1. The maximum absolute atomic E-state index is 13.7. The molecule has 3 aromatic rings. The molecule has 1 aromatic heterocycles. The van der Waals surface area contributed by atoms with Crippen LogP contribution in [0.2, 0.25) is 0 Å². The van der Waals surface area contributed by atoms with Crippen LogP contribution < -0.4 is 5.56 Å². The molecule has 0 atom stereocenters. The molecule has 0 fully saturated rings. The Kier molecular flexibility index (Phi) is 4.66. The van der Waals surface area contributed by atoms with Gasteiger partial charge in [0, 0.05) is 23.7 Å². The van der Waals surface area contributed by atoms with E-state index in [1.807, 2.05) is 19.9 Å². The Bertz CT molecular complexity index is 985. The van der Waals surface area contributed by atoms with Gasteiger partial charge in [-0.15, -0.1) is 0 Å². The number of fused-ring (bicyclic) bond motifs is 1. The molecule has 0 spiro atoms. The van der Waals surface area contributed by atoms with E-state index in [2.05, 4.69) is 0 Å². The molecule has 5 heteroatoms. The molecule has 25 heavy (non-hydrogen) atoms. The van der Waals surface area contributed by atoms with E-state index in [0.29, 0.717) is 22.9 Å². The molecule has 130 valence electrons. The molecule has 3 rings (SSSR count). The Morgan fingerprint density at radius 3 is 2.32 bits per heavy atom. The van der Waals surface area contributed by atoms with Crippen molar-refractivity contribution >= 4 is 10.8 Å². The fraction of sp³-hybridized carbons (Fsp3) is 0.250. The summed E-state index contributed by atoms with van der Waals surface area (Å²) in [7, 11) is 0. The minimum Gasteiger partial charge on any atom is -0.314 e. The van der Waals surface area contributed by atoms with E-state index < -0.39 is 17.5 Å². The highest BCUT2D eigenvalue weighted by molar-refractivity contribution is 5.96. The third-order valence-electron chi connectivity index (χ3n) is 4.29. The maximum atomic E-state index is 13.7. The molecule has 1 heterocycles. The van der Waals surface area contributed by atoms with Gasteiger partial charge in [0.25, 0.3) is 5.56 Å². The van der Waals surface area contributed by atoms with E-state index >= 15 is 0 Å². The van der Waals surface area contributed by atoms with E-state index in [1.165, 1.54) is 0 Å². The first-order valence-corrected chi connectivity index (χ1v) is 8.21. The summed E-state index contributed by atoms with van der Waals surface area (Å²) in [6.07, 6.45) is 3.32. The Morgan fingerprint density at radius 1 is 1.00 bits per heavy atom. The van der Waals surface area contributed by atoms with Crippen molar-refractivity contribution in [3.8, 4) is 11.1 Å². The number of halogens is 3. The van der Waals surface area contributed by atoms with Crippen molar-refractivity contribution in [2.75, 3.05) is 0 Å². The second-order valence-electron chi connectivity index (χ2n) is 6.20. The maximum Gasteiger partial charge on any atom is 0.258 e. The third kappa shape index (κ3) is 3.18. The molecule has 2 nitrogen and oxygen atoms in total. The minimum absolute atomic E-state index is 0.143. The second-order valence-corrected chi connectivity index (χ2v) is 6.20. The van der Waals surface area contributed by atoms with Crippen molar-refractivity contribution in [1.29, 1.82) is 0 Å². The Hall–Kier alpha value is -2.56. The summed E-state index contributed by atoms with van der Waals surface area (Å²) in [6, 6.07) is 7.27. The summed E-state index contributed by atoms with van der Waals surface area (Å²) in [5.74, 6) is -3.99. The first kappa shape index (κ1) is 17.3. The lowest BCUT2D eigenvalue weighted by molar-refractivity contribution is 0.447. The average Bonchev–Trinajstić information content (AvgIpc) is 2.58. The van der Waals surface area contributed by atoms with Gasteiger partial charge < -0.3 is 4.57 Å². The van der Waals surface area contributed by atoms with Crippen LogP contribution >= 0.6 is 0 Å². The Morgan fingerprint density at radius 2 is 1.68 bits per heavy atom. The van der Waals surface area contributed by atoms with Gasteiger partial charge in [-0.05, 0) is 42.5 Å². The zero-order valence-electron chi connectivity index (χ0n) is 14.1. The lowest BCUT2D eigenvalue weighted by Gasteiger charge is -2.13. The van der Waals surface area contributed by atoms with Crippen molar-refractivity contribution in [1.82, 2.24) is 4.57 Å². The average molecular weight is 345 g/mol. The van der Waals surface area contributed by atoms with Crippen LogP contribution in [0.5, 0.6) is 0 Å². The van der Waals surface area contributed by atoms with Crippen LogP contribution in [0.4, 0.5) is 13.2 Å². The number of hydrogen-bond acceptors (Lipinski definition) is 1. The second kappa shape index (κ2) is 6.75. The summed E-state index contributed by atoms with van der Waals surface area (Å²) >= 11 is 0. The molecule has 0 amide bonds. The first-order valence-electron chi connectivity index (χ1n) is 8.21. The van der Waals surface area contributed by atoms with Crippen LogP contribution in [0.25, 0.3) is 21.9 Å². The van der Waals surface area contributed by atoms with Crippen molar-refractivity contribution in [2.45, 2.75) is 33.2 Å². The van der Waals surface area contributed by atoms with E-state index in [1.54, 1.807) is 22.9 Å². The number of pyridine rings is 1. The minimum atomic E-state index is -1.50. The SMILES string of the molecule is CCCCn1cc(-c2cc(F)c(F)c(F)c2)c2cc(C)ccc2c1=O. The van der Waals surface area contributed by atoms with Crippen LogP contribution in [-0.4, -0.2) is 4.57 Å². The molecule has 0 aliphatic rings. The highest BCUT2D eigenvalue weighted by Crippen LogP contribution is 2.30. The van der Waals surface area contributed by atoms with Crippen LogP contribution in [0.1, 0.15) is 25.3 Å². The van der Waals surface area contributed by atoms with Gasteiger partial charge in [0.2, 0.25) is 0 Å². The Labute approximate surface area is 143 Å². The number of rotatable bonds is 4. The largest absolute Gasteiger partial charge is 0.314 e. The van der Waals surface area contributed by atoms with Gasteiger partial charge in [0.15, 0.2) is 17.5 Å². The predicted molar refractivity (Wildman–Crippen MR) is 93.2 cm³/mol. The van der Waals surface area contributed by atoms with Gasteiger partial charge in [-0.25, -0.2) is 13.2 Å². The number of hydrogen-bond donors (Lipinski definition) is 0. The van der Waals surface area contributed by atoms with Crippen LogP contribution in [0.15, 0.2) is 41.3 Å². The first-order chi connectivity index (χ1) is 11.9. The molecular formula is C20H18F3NO. The van der Waals surface area contributed by atoms with E-state index in [0.717, 1.165) is 30.5 Å². The van der Waals surface area contributed by atoms with Crippen LogP contribution in [0.3, 0.4) is 0 Å². The van der Waals surface area contributed by atoms with E-state index in [4.69, 9.17) is 0 Å². The Balaban J connectivity index is 2.34. The van der Waals surface area contributed by atoms with Crippen LogP contribution in [-0.2, 0) is 6.54 Å². The monoisotopic (exact) mass is 345 g/mol. The van der Waals surface area contributed by atoms with Gasteiger partial charge in [-0.2, -0.15) is 0 Å². The molecule has 0 bridgehead atoms. The summed E-state index contributed by atoms with van der Waals surface area (Å²) in [5, 5.41) is 1.08. The van der Waals surface area contributed by atoms with Crippen molar-refractivity contribution in [3.63, 3.8) is 0 Å². The fourth-order valence-electron chi connectivity index (χ4n) is 2.94. The molecule has 0 saturated carbocycles.